The molecule has 20 heavy (non-hydrogen) atoms. The van der Waals surface area contributed by atoms with E-state index in [9.17, 15) is 4.79 Å². The summed E-state index contributed by atoms with van der Waals surface area (Å²) in [6.45, 7) is 0. The summed E-state index contributed by atoms with van der Waals surface area (Å²) >= 11 is 5.02. The zero-order chi connectivity index (χ0) is 14.0. The molecular formula is C18H30OS. The van der Waals surface area contributed by atoms with Gasteiger partial charge in [0.25, 0.3) is 0 Å². The highest BCUT2D eigenvalue weighted by atomic mass is 32.1. The second-order valence-corrected chi connectivity index (χ2v) is 8.32. The summed E-state index contributed by atoms with van der Waals surface area (Å²) in [6.07, 6.45) is 16.6. The van der Waals surface area contributed by atoms with Crippen LogP contribution in [0.4, 0.5) is 0 Å². The van der Waals surface area contributed by atoms with Crippen molar-refractivity contribution in [3.8, 4) is 0 Å². The molecule has 0 saturated heterocycles. The maximum atomic E-state index is 13.2. The van der Waals surface area contributed by atoms with Gasteiger partial charge in [-0.05, 0) is 50.4 Å². The third-order valence-electron chi connectivity index (χ3n) is 6.34. The highest BCUT2D eigenvalue weighted by Crippen LogP contribution is 2.48. The van der Waals surface area contributed by atoms with Gasteiger partial charge in [0.15, 0.2) is 5.78 Å². The molecule has 0 radical (unpaired) electrons. The summed E-state index contributed by atoms with van der Waals surface area (Å²) in [5, 5.41) is 0. The van der Waals surface area contributed by atoms with Crippen LogP contribution in [0.2, 0.25) is 0 Å². The van der Waals surface area contributed by atoms with E-state index in [0.717, 1.165) is 12.8 Å². The summed E-state index contributed by atoms with van der Waals surface area (Å²) in [5.41, 5.74) is 0. The molecule has 3 aliphatic rings. The number of thiol groups is 1. The van der Waals surface area contributed by atoms with Crippen molar-refractivity contribution < 1.29 is 4.79 Å². The molecule has 0 amide bonds. The molecule has 0 aliphatic heterocycles. The van der Waals surface area contributed by atoms with Crippen molar-refractivity contribution in [2.45, 2.75) is 88.2 Å². The van der Waals surface area contributed by atoms with Crippen LogP contribution in [-0.4, -0.2) is 10.5 Å². The van der Waals surface area contributed by atoms with Crippen LogP contribution in [0.25, 0.3) is 0 Å². The molecule has 114 valence electrons. The molecule has 2 heteroatoms. The Morgan fingerprint density at radius 2 is 1.40 bits per heavy atom. The first-order chi connectivity index (χ1) is 9.72. The average Bonchev–Trinajstić information content (AvgIpc) is 2.52. The number of carbonyl (C=O) groups is 1. The lowest BCUT2D eigenvalue weighted by Crippen LogP contribution is -2.49. The molecule has 0 bridgehead atoms. The Labute approximate surface area is 129 Å². The molecule has 2 atom stereocenters. The molecule has 0 heterocycles. The highest BCUT2D eigenvalue weighted by molar-refractivity contribution is 7.82. The standard InChI is InChI=1S/C18H30OS/c19-17-16(14-8-3-1-4-9-14)12-7-13-18(17,20)15-10-5-2-6-11-15/h14-16,20H,1-13H2. The number of carbonyl (C=O) groups excluding carboxylic acids is 1. The van der Waals surface area contributed by atoms with Crippen molar-refractivity contribution in [1.29, 1.82) is 0 Å². The van der Waals surface area contributed by atoms with E-state index in [4.69, 9.17) is 12.6 Å². The number of hydrogen-bond donors (Lipinski definition) is 1. The van der Waals surface area contributed by atoms with E-state index in [0.29, 0.717) is 23.5 Å². The molecule has 0 aromatic rings. The zero-order valence-corrected chi connectivity index (χ0v) is 13.7. The van der Waals surface area contributed by atoms with Gasteiger partial charge in [0.2, 0.25) is 0 Å². The van der Waals surface area contributed by atoms with Gasteiger partial charge in [-0.15, -0.1) is 0 Å². The minimum atomic E-state index is -0.263. The van der Waals surface area contributed by atoms with Crippen molar-refractivity contribution in [3.05, 3.63) is 0 Å². The fourth-order valence-electron chi connectivity index (χ4n) is 5.14. The molecule has 0 aromatic heterocycles. The Morgan fingerprint density at radius 3 is 2.05 bits per heavy atom. The minimum Gasteiger partial charge on any atom is -0.298 e. The molecule has 3 saturated carbocycles. The molecule has 0 aromatic carbocycles. The number of hydrogen-bond acceptors (Lipinski definition) is 2. The fraction of sp³-hybridized carbons (Fsp3) is 0.944. The Morgan fingerprint density at radius 1 is 0.800 bits per heavy atom. The summed E-state index contributed by atoms with van der Waals surface area (Å²) < 4.78 is -0.263. The van der Waals surface area contributed by atoms with Gasteiger partial charge in [0, 0.05) is 5.92 Å². The van der Waals surface area contributed by atoms with Gasteiger partial charge in [0.05, 0.1) is 4.75 Å². The SMILES string of the molecule is O=C1C(C2CCCCC2)CCCC1(S)C1CCCCC1. The predicted molar refractivity (Wildman–Crippen MR) is 87.2 cm³/mol. The lowest BCUT2D eigenvalue weighted by Gasteiger charge is -2.45. The molecule has 3 aliphatic carbocycles. The maximum Gasteiger partial charge on any atom is 0.152 e. The van der Waals surface area contributed by atoms with E-state index in [-0.39, 0.29) is 4.75 Å². The number of Topliss-reactive ketones (excluding diaryl/α,β-unsaturated/α-hetero) is 1. The minimum absolute atomic E-state index is 0.263. The van der Waals surface area contributed by atoms with Gasteiger partial charge in [-0.1, -0.05) is 44.9 Å². The van der Waals surface area contributed by atoms with Gasteiger partial charge in [-0.25, -0.2) is 0 Å². The monoisotopic (exact) mass is 294 g/mol. The lowest BCUT2D eigenvalue weighted by atomic mass is 9.64. The second-order valence-electron chi connectivity index (χ2n) is 7.52. The van der Waals surface area contributed by atoms with E-state index >= 15 is 0 Å². The van der Waals surface area contributed by atoms with Crippen LogP contribution in [0.3, 0.4) is 0 Å². The van der Waals surface area contributed by atoms with Crippen molar-refractivity contribution in [1.82, 2.24) is 0 Å². The molecule has 0 spiro atoms. The first-order valence-corrected chi connectivity index (χ1v) is 9.43. The smallest absolute Gasteiger partial charge is 0.152 e. The molecule has 3 rings (SSSR count). The fourth-order valence-corrected chi connectivity index (χ4v) is 5.72. The largest absolute Gasteiger partial charge is 0.298 e. The van der Waals surface area contributed by atoms with Crippen LogP contribution in [0.5, 0.6) is 0 Å². The van der Waals surface area contributed by atoms with Crippen molar-refractivity contribution in [2.24, 2.45) is 17.8 Å². The first-order valence-electron chi connectivity index (χ1n) is 8.98. The van der Waals surface area contributed by atoms with Gasteiger partial charge in [0.1, 0.15) is 0 Å². The van der Waals surface area contributed by atoms with Crippen LogP contribution >= 0.6 is 12.6 Å². The Hall–Kier alpha value is 0.0200. The highest BCUT2D eigenvalue weighted by Gasteiger charge is 2.49. The van der Waals surface area contributed by atoms with Crippen LogP contribution in [0, 0.1) is 17.8 Å². The van der Waals surface area contributed by atoms with E-state index < -0.39 is 0 Å². The predicted octanol–water partition coefficient (Wildman–Crippen LogP) is 5.18. The maximum absolute atomic E-state index is 13.2. The van der Waals surface area contributed by atoms with Crippen LogP contribution in [0.15, 0.2) is 0 Å². The van der Waals surface area contributed by atoms with Crippen molar-refractivity contribution in [2.75, 3.05) is 0 Å². The lowest BCUT2D eigenvalue weighted by molar-refractivity contribution is -0.131. The molecule has 1 nitrogen and oxygen atoms in total. The Bertz CT molecular complexity index is 341. The second kappa shape index (κ2) is 6.42. The summed E-state index contributed by atoms with van der Waals surface area (Å²) in [6, 6.07) is 0. The van der Waals surface area contributed by atoms with E-state index in [1.165, 1.54) is 70.6 Å². The quantitative estimate of drug-likeness (QED) is 0.694. The molecule has 3 fully saturated rings. The normalized spacial score (nSPS) is 38.0. The third kappa shape index (κ3) is 2.82. The summed E-state index contributed by atoms with van der Waals surface area (Å²) in [7, 11) is 0. The van der Waals surface area contributed by atoms with E-state index in [1.807, 2.05) is 0 Å². The van der Waals surface area contributed by atoms with Gasteiger partial charge in [-0.2, -0.15) is 12.6 Å². The zero-order valence-electron chi connectivity index (χ0n) is 12.8. The van der Waals surface area contributed by atoms with Crippen molar-refractivity contribution >= 4 is 18.4 Å². The summed E-state index contributed by atoms with van der Waals surface area (Å²) in [5.74, 6) is 2.15. The van der Waals surface area contributed by atoms with Gasteiger partial charge >= 0.3 is 0 Å². The topological polar surface area (TPSA) is 17.1 Å². The Kier molecular flexibility index (Phi) is 4.79. The third-order valence-corrected chi connectivity index (χ3v) is 7.15. The molecule has 2 unspecified atom stereocenters. The summed E-state index contributed by atoms with van der Waals surface area (Å²) in [4.78, 5) is 13.2. The molecule has 0 N–H and O–H groups in total. The van der Waals surface area contributed by atoms with Gasteiger partial charge in [-0.3, -0.25) is 4.79 Å². The first kappa shape index (κ1) is 14.9. The van der Waals surface area contributed by atoms with Gasteiger partial charge < -0.3 is 0 Å². The van der Waals surface area contributed by atoms with Crippen LogP contribution in [0.1, 0.15) is 83.5 Å². The molecular weight excluding hydrogens is 264 g/mol. The van der Waals surface area contributed by atoms with Crippen LogP contribution < -0.4 is 0 Å². The number of ketones is 1. The average molecular weight is 295 g/mol. The van der Waals surface area contributed by atoms with Crippen molar-refractivity contribution in [3.63, 3.8) is 0 Å². The van der Waals surface area contributed by atoms with Crippen LogP contribution in [-0.2, 0) is 4.79 Å². The van der Waals surface area contributed by atoms with E-state index in [2.05, 4.69) is 0 Å². The Balaban J connectivity index is 1.72. The van der Waals surface area contributed by atoms with E-state index in [1.54, 1.807) is 0 Å². The number of rotatable bonds is 2.